The first kappa shape index (κ1) is 13.8. The Bertz CT molecular complexity index is 712. The molecule has 1 aliphatic rings. The summed E-state index contributed by atoms with van der Waals surface area (Å²) < 4.78 is 8.08. The fourth-order valence-corrected chi connectivity index (χ4v) is 2.49. The number of aromatic nitrogens is 3. The van der Waals surface area contributed by atoms with Crippen molar-refractivity contribution in [2.24, 2.45) is 0 Å². The number of pyridine rings is 1. The van der Waals surface area contributed by atoms with E-state index in [1.165, 1.54) is 9.08 Å². The number of fused-ring (bicyclic) bond motifs is 1. The minimum atomic E-state index is -0.291. The van der Waals surface area contributed by atoms with E-state index in [1.54, 1.807) is 18.3 Å². The van der Waals surface area contributed by atoms with Gasteiger partial charge in [0.05, 0.1) is 18.7 Å². The fraction of sp³-hybridized carbons (Fsp3) is 0.500. The Kier molecular flexibility index (Phi) is 3.50. The number of ether oxygens (including phenoxy) is 1. The van der Waals surface area contributed by atoms with Gasteiger partial charge in [-0.1, -0.05) is 6.07 Å². The molecule has 1 saturated heterocycles. The van der Waals surface area contributed by atoms with Crippen molar-refractivity contribution in [1.82, 2.24) is 19.5 Å². The van der Waals surface area contributed by atoms with E-state index >= 15 is 0 Å². The van der Waals surface area contributed by atoms with Crippen LogP contribution >= 0.6 is 0 Å². The van der Waals surface area contributed by atoms with Crippen LogP contribution in [0.5, 0.6) is 0 Å². The van der Waals surface area contributed by atoms with Crippen LogP contribution in [-0.2, 0) is 16.1 Å². The molecule has 21 heavy (non-hydrogen) atoms. The second-order valence-electron chi connectivity index (χ2n) is 5.60. The van der Waals surface area contributed by atoms with Crippen LogP contribution in [-0.4, -0.2) is 38.8 Å². The SMILES string of the molecule is C[C@@]1(NC(=O)CCn2nc3ccccn3c2=O)CCOC1. The Balaban J connectivity index is 1.65. The van der Waals surface area contributed by atoms with E-state index in [9.17, 15) is 9.59 Å². The van der Waals surface area contributed by atoms with Gasteiger partial charge < -0.3 is 10.1 Å². The van der Waals surface area contributed by atoms with Crippen LogP contribution in [0.2, 0.25) is 0 Å². The van der Waals surface area contributed by atoms with Gasteiger partial charge >= 0.3 is 5.69 Å². The molecule has 2 aromatic heterocycles. The van der Waals surface area contributed by atoms with Crippen molar-refractivity contribution in [3.63, 3.8) is 0 Å². The molecule has 0 spiro atoms. The van der Waals surface area contributed by atoms with Crippen molar-refractivity contribution in [1.29, 1.82) is 0 Å². The lowest BCUT2D eigenvalue weighted by Crippen LogP contribution is -2.46. The quantitative estimate of drug-likeness (QED) is 0.871. The van der Waals surface area contributed by atoms with Crippen molar-refractivity contribution < 1.29 is 9.53 Å². The third-order valence-corrected chi connectivity index (χ3v) is 3.70. The highest BCUT2D eigenvalue weighted by molar-refractivity contribution is 5.76. The van der Waals surface area contributed by atoms with Crippen LogP contribution in [0.1, 0.15) is 19.8 Å². The smallest absolute Gasteiger partial charge is 0.350 e. The van der Waals surface area contributed by atoms with Gasteiger partial charge in [0.25, 0.3) is 0 Å². The minimum Gasteiger partial charge on any atom is -0.379 e. The molecule has 112 valence electrons. The predicted octanol–water partition coefficient (Wildman–Crippen LogP) is 0.181. The maximum absolute atomic E-state index is 12.1. The van der Waals surface area contributed by atoms with Gasteiger partial charge in [-0.05, 0) is 25.5 Å². The highest BCUT2D eigenvalue weighted by Gasteiger charge is 2.30. The molecule has 0 aliphatic carbocycles. The van der Waals surface area contributed by atoms with E-state index in [2.05, 4.69) is 10.4 Å². The first-order valence-electron chi connectivity index (χ1n) is 7.00. The Labute approximate surface area is 121 Å². The Morgan fingerprint density at radius 1 is 1.52 bits per heavy atom. The number of amides is 1. The third kappa shape index (κ3) is 2.82. The molecule has 1 N–H and O–H groups in total. The number of nitrogens with one attached hydrogen (secondary N) is 1. The molecule has 1 atom stereocenters. The summed E-state index contributed by atoms with van der Waals surface area (Å²) in [5.41, 5.74) is 0.0638. The number of carbonyl (C=O) groups excluding carboxylic acids is 1. The van der Waals surface area contributed by atoms with Crippen LogP contribution in [0.3, 0.4) is 0 Å². The van der Waals surface area contributed by atoms with Gasteiger partial charge in [-0.3, -0.25) is 9.20 Å². The van der Waals surface area contributed by atoms with Crippen LogP contribution in [0.4, 0.5) is 0 Å². The van der Waals surface area contributed by atoms with Gasteiger partial charge in [0.2, 0.25) is 5.91 Å². The van der Waals surface area contributed by atoms with E-state index in [-0.39, 0.29) is 30.1 Å². The molecule has 1 aliphatic heterocycles. The lowest BCUT2D eigenvalue weighted by molar-refractivity contribution is -0.123. The van der Waals surface area contributed by atoms with Gasteiger partial charge in [0, 0.05) is 19.2 Å². The van der Waals surface area contributed by atoms with E-state index in [4.69, 9.17) is 4.74 Å². The predicted molar refractivity (Wildman–Crippen MR) is 76.1 cm³/mol. The fourth-order valence-electron chi connectivity index (χ4n) is 2.49. The van der Waals surface area contributed by atoms with Gasteiger partial charge in [-0.2, -0.15) is 0 Å². The van der Waals surface area contributed by atoms with Crippen molar-refractivity contribution in [2.75, 3.05) is 13.2 Å². The van der Waals surface area contributed by atoms with Crippen molar-refractivity contribution in [3.8, 4) is 0 Å². The summed E-state index contributed by atoms with van der Waals surface area (Å²) in [5, 5.41) is 7.16. The average Bonchev–Trinajstić information content (AvgIpc) is 3.02. The van der Waals surface area contributed by atoms with Crippen LogP contribution < -0.4 is 11.0 Å². The summed E-state index contributed by atoms with van der Waals surface area (Å²) >= 11 is 0. The summed E-state index contributed by atoms with van der Waals surface area (Å²) in [6, 6.07) is 5.35. The van der Waals surface area contributed by atoms with Crippen LogP contribution in [0.15, 0.2) is 29.2 Å². The van der Waals surface area contributed by atoms with E-state index in [0.717, 1.165) is 6.42 Å². The second-order valence-corrected chi connectivity index (χ2v) is 5.60. The molecule has 0 bridgehead atoms. The molecule has 7 nitrogen and oxygen atoms in total. The third-order valence-electron chi connectivity index (χ3n) is 3.70. The van der Waals surface area contributed by atoms with Gasteiger partial charge in [-0.15, -0.1) is 5.10 Å². The topological polar surface area (TPSA) is 77.6 Å². The molecule has 1 fully saturated rings. The normalized spacial score (nSPS) is 21.8. The summed E-state index contributed by atoms with van der Waals surface area (Å²) in [7, 11) is 0. The number of carbonyl (C=O) groups is 1. The molecule has 3 rings (SSSR count). The Morgan fingerprint density at radius 2 is 2.38 bits per heavy atom. The first-order chi connectivity index (χ1) is 10.1. The molecular weight excluding hydrogens is 272 g/mol. The molecule has 0 aromatic carbocycles. The largest absolute Gasteiger partial charge is 0.379 e. The molecule has 0 saturated carbocycles. The zero-order valence-corrected chi connectivity index (χ0v) is 11.9. The Morgan fingerprint density at radius 3 is 3.10 bits per heavy atom. The number of nitrogens with zero attached hydrogens (tertiary/aromatic N) is 3. The molecule has 2 aromatic rings. The van der Waals surface area contributed by atoms with Gasteiger partial charge in [0.1, 0.15) is 0 Å². The maximum Gasteiger partial charge on any atom is 0.350 e. The molecular formula is C14H18N4O3. The van der Waals surface area contributed by atoms with E-state index in [1.807, 2.05) is 13.0 Å². The van der Waals surface area contributed by atoms with Crippen LogP contribution in [0, 0.1) is 0 Å². The zero-order valence-electron chi connectivity index (χ0n) is 11.9. The molecule has 3 heterocycles. The first-order valence-corrected chi connectivity index (χ1v) is 7.00. The monoisotopic (exact) mass is 290 g/mol. The van der Waals surface area contributed by atoms with Crippen molar-refractivity contribution in [3.05, 3.63) is 34.9 Å². The van der Waals surface area contributed by atoms with E-state index in [0.29, 0.717) is 18.9 Å². The lowest BCUT2D eigenvalue weighted by Gasteiger charge is -2.23. The van der Waals surface area contributed by atoms with E-state index < -0.39 is 0 Å². The van der Waals surface area contributed by atoms with Crippen molar-refractivity contribution >= 4 is 11.6 Å². The van der Waals surface area contributed by atoms with Crippen molar-refractivity contribution in [2.45, 2.75) is 31.8 Å². The lowest BCUT2D eigenvalue weighted by atomic mass is 10.0. The number of hydrogen-bond acceptors (Lipinski definition) is 4. The highest BCUT2D eigenvalue weighted by atomic mass is 16.5. The summed E-state index contributed by atoms with van der Waals surface area (Å²) in [5.74, 6) is -0.0908. The second kappa shape index (κ2) is 5.33. The molecule has 7 heteroatoms. The summed E-state index contributed by atoms with van der Waals surface area (Å²) in [4.78, 5) is 24.0. The molecule has 1 amide bonds. The summed E-state index contributed by atoms with van der Waals surface area (Å²) in [6.45, 7) is 3.44. The maximum atomic E-state index is 12.1. The number of hydrogen-bond donors (Lipinski definition) is 1. The minimum absolute atomic E-state index is 0.0908. The zero-order chi connectivity index (χ0) is 14.9. The summed E-state index contributed by atoms with van der Waals surface area (Å²) in [6.07, 6.45) is 2.70. The highest BCUT2D eigenvalue weighted by Crippen LogP contribution is 2.17. The van der Waals surface area contributed by atoms with Gasteiger partial charge in [0.15, 0.2) is 5.65 Å². The van der Waals surface area contributed by atoms with Crippen LogP contribution in [0.25, 0.3) is 5.65 Å². The van der Waals surface area contributed by atoms with Gasteiger partial charge in [-0.25, -0.2) is 9.48 Å². The standard InChI is InChI=1S/C14H18N4O3/c1-14(6-9-21-10-14)15-12(19)5-8-18-13(20)17-7-3-2-4-11(17)16-18/h2-4,7H,5-6,8-10H2,1H3,(H,15,19)/t14-/m1/s1. The number of aryl methyl sites for hydroxylation is 1. The molecule has 0 radical (unpaired) electrons. The average molecular weight is 290 g/mol. The Hall–Kier alpha value is -2.15. The molecule has 0 unspecified atom stereocenters. The number of rotatable bonds is 4.